The maximum Gasteiger partial charge on any atom is 0.229 e. The normalized spacial score (nSPS) is 14.0. The zero-order valence-electron chi connectivity index (χ0n) is 31.9. The van der Waals surface area contributed by atoms with Crippen LogP contribution in [0.25, 0.3) is 22.3 Å². The van der Waals surface area contributed by atoms with Crippen molar-refractivity contribution < 1.29 is 9.47 Å². The number of benzene rings is 2. The molecule has 2 aliphatic rings. The molecule has 1 unspecified atom stereocenters. The molecule has 0 saturated carbocycles. The Morgan fingerprint density at radius 2 is 1.53 bits per heavy atom. The Hall–Kier alpha value is -5.40. The molecule has 6 heterocycles. The largest absolute Gasteiger partial charge is 0.495 e. The van der Waals surface area contributed by atoms with Gasteiger partial charge in [0.15, 0.2) is 6.23 Å². The molecule has 0 spiro atoms. The van der Waals surface area contributed by atoms with Crippen molar-refractivity contribution in [3.05, 3.63) is 77.0 Å². The molecule has 16 heteroatoms. The number of nitrogen functional groups attached to an aromatic ring is 1. The van der Waals surface area contributed by atoms with Gasteiger partial charge in [0.2, 0.25) is 5.95 Å². The number of pyridine rings is 1. The maximum absolute atomic E-state index is 6.93. The van der Waals surface area contributed by atoms with E-state index in [0.717, 1.165) is 80.8 Å². The van der Waals surface area contributed by atoms with E-state index in [1.165, 1.54) is 5.69 Å². The third-order valence-corrected chi connectivity index (χ3v) is 12.1. The summed E-state index contributed by atoms with van der Waals surface area (Å²) in [7, 11) is 7.38. The van der Waals surface area contributed by atoms with E-state index in [4.69, 9.17) is 25.3 Å². The molecule has 1 atom stereocenters. The number of aryl methyl sites for hydroxylation is 1. The number of methoxy groups -OCH3 is 1. The highest BCUT2D eigenvalue weighted by Crippen LogP contribution is 2.45. The number of ether oxygens (including phenoxy) is 2. The number of rotatable bonds is 9. The molecule has 14 nitrogen and oxygen atoms in total. The minimum absolute atomic E-state index is 0.401. The number of aromatic nitrogens is 7. The number of nitrogens with zero attached hydrogens (tertiary/aromatic N) is 9. The first-order valence-corrected chi connectivity index (χ1v) is 21.0. The molecular formula is C39H44BrN12O2P. The second-order valence-corrected chi connectivity index (χ2v) is 17.1. The predicted molar refractivity (Wildman–Crippen MR) is 225 cm³/mol. The number of nitrogens with two attached hydrogens (primary N) is 1. The van der Waals surface area contributed by atoms with Crippen LogP contribution in [0.15, 0.2) is 65.7 Å². The Bertz CT molecular complexity index is 2410. The van der Waals surface area contributed by atoms with Gasteiger partial charge in [0.25, 0.3) is 0 Å². The zero-order chi connectivity index (χ0) is 38.5. The highest BCUT2D eigenvalue weighted by Gasteiger charge is 2.28. The summed E-state index contributed by atoms with van der Waals surface area (Å²) in [6.45, 7) is 7.99. The topological polar surface area (TPSA) is 149 Å². The third-order valence-electron chi connectivity index (χ3n) is 10.3. The van der Waals surface area contributed by atoms with Crippen LogP contribution in [0.5, 0.6) is 11.5 Å². The molecule has 4 N–H and O–H groups in total. The van der Waals surface area contributed by atoms with Crippen LogP contribution >= 0.6 is 23.9 Å². The van der Waals surface area contributed by atoms with Crippen molar-refractivity contribution in [3.63, 3.8) is 0 Å². The second-order valence-electron chi connectivity index (χ2n) is 14.0. The van der Waals surface area contributed by atoms with Crippen molar-refractivity contribution in [1.82, 2.24) is 34.5 Å². The summed E-state index contributed by atoms with van der Waals surface area (Å²) in [6.07, 6.45) is 8.56. The quantitative estimate of drug-likeness (QED) is 0.103. The molecule has 0 amide bonds. The Kier molecular flexibility index (Phi) is 9.76. The Labute approximate surface area is 330 Å². The Morgan fingerprint density at radius 1 is 0.836 bits per heavy atom. The van der Waals surface area contributed by atoms with E-state index in [-0.39, 0.29) is 0 Å². The molecule has 0 radical (unpaired) electrons. The monoisotopic (exact) mass is 822 g/mol. The molecule has 0 bridgehead atoms. The number of nitrogens with one attached hydrogen (secondary N) is 2. The molecule has 0 fully saturated rings. The first-order chi connectivity index (χ1) is 26.5. The predicted octanol–water partition coefficient (Wildman–Crippen LogP) is 6.93. The molecule has 0 aliphatic carbocycles. The smallest absolute Gasteiger partial charge is 0.229 e. The van der Waals surface area contributed by atoms with E-state index < -0.39 is 14.1 Å². The molecular weight excluding hydrogens is 779 g/mol. The van der Waals surface area contributed by atoms with Gasteiger partial charge < -0.3 is 35.6 Å². The zero-order valence-corrected chi connectivity index (χ0v) is 34.4. The van der Waals surface area contributed by atoms with E-state index in [1.807, 2.05) is 66.2 Å². The molecule has 8 rings (SSSR count). The second kappa shape index (κ2) is 14.7. The van der Waals surface area contributed by atoms with Gasteiger partial charge in [-0.2, -0.15) is 15.2 Å². The first-order valence-electron chi connectivity index (χ1n) is 18.0. The Morgan fingerprint density at radius 3 is 2.27 bits per heavy atom. The van der Waals surface area contributed by atoms with Crippen molar-refractivity contribution in [2.24, 2.45) is 7.05 Å². The van der Waals surface area contributed by atoms with Crippen LogP contribution in [-0.2, 0) is 19.9 Å². The van der Waals surface area contributed by atoms with E-state index in [2.05, 4.69) is 91.0 Å². The van der Waals surface area contributed by atoms with Gasteiger partial charge in [-0.3, -0.25) is 9.67 Å². The summed E-state index contributed by atoms with van der Waals surface area (Å²) >= 11 is 3.65. The number of likely N-dealkylation sites (N-methyl/N-ethyl adjacent to an activating group) is 2. The summed E-state index contributed by atoms with van der Waals surface area (Å²) in [4.78, 5) is 18.7. The fourth-order valence-electron chi connectivity index (χ4n) is 7.39. The average Bonchev–Trinajstić information content (AvgIpc) is 3.70. The van der Waals surface area contributed by atoms with Crippen LogP contribution in [0.3, 0.4) is 0 Å². The number of hydrogen-bond acceptors (Lipinski definition) is 12. The van der Waals surface area contributed by atoms with Gasteiger partial charge >= 0.3 is 0 Å². The minimum Gasteiger partial charge on any atom is -0.495 e. The number of anilines is 7. The van der Waals surface area contributed by atoms with Crippen LogP contribution in [0.4, 0.5) is 40.2 Å². The van der Waals surface area contributed by atoms with E-state index in [9.17, 15) is 0 Å². The van der Waals surface area contributed by atoms with Crippen LogP contribution in [0.2, 0.25) is 0 Å². The molecule has 6 aromatic rings. The maximum atomic E-state index is 6.93. The molecule has 2 aliphatic heterocycles. The van der Waals surface area contributed by atoms with Crippen LogP contribution in [0, 0.1) is 0 Å². The van der Waals surface area contributed by atoms with Crippen LogP contribution in [-0.4, -0.2) is 82.1 Å². The van der Waals surface area contributed by atoms with Crippen molar-refractivity contribution in [3.8, 4) is 33.8 Å². The fourth-order valence-corrected chi connectivity index (χ4v) is 8.59. The number of halogens is 1. The summed E-state index contributed by atoms with van der Waals surface area (Å²) in [6, 6.07) is 12.1. The van der Waals surface area contributed by atoms with Crippen molar-refractivity contribution in [2.75, 3.05) is 73.8 Å². The lowest BCUT2D eigenvalue weighted by Gasteiger charge is -2.25. The third kappa shape index (κ3) is 6.80. The van der Waals surface area contributed by atoms with Gasteiger partial charge in [0.1, 0.15) is 17.3 Å². The van der Waals surface area contributed by atoms with Crippen LogP contribution in [0.1, 0.15) is 24.5 Å². The molecule has 284 valence electrons. The SMILES string of the molecule is COc1cc2c(cc1N)-c1cnn(C(C)Oc3cc4c(cc3Nc3ncc(Br)c(Nc5cccnc5P(C)C)n3)-c3cnn(C)c3CCN4C)c1CCN2C. The molecule has 2 aromatic carbocycles. The summed E-state index contributed by atoms with van der Waals surface area (Å²) in [5, 5.41) is 16.5. The lowest BCUT2D eigenvalue weighted by atomic mass is 10.0. The van der Waals surface area contributed by atoms with Gasteiger partial charge in [-0.15, -0.1) is 0 Å². The lowest BCUT2D eigenvalue weighted by molar-refractivity contribution is 0.135. The summed E-state index contributed by atoms with van der Waals surface area (Å²) in [5.41, 5.74) is 18.1. The van der Waals surface area contributed by atoms with Crippen molar-refractivity contribution in [2.45, 2.75) is 26.0 Å². The first kappa shape index (κ1) is 36.6. The minimum atomic E-state index is -0.472. The van der Waals surface area contributed by atoms with Crippen molar-refractivity contribution >= 4 is 69.5 Å². The molecule has 55 heavy (non-hydrogen) atoms. The number of fused-ring (bicyclic) bond motifs is 6. The van der Waals surface area contributed by atoms with Crippen LogP contribution < -0.4 is 41.1 Å². The molecule has 4 aromatic heterocycles. The van der Waals surface area contributed by atoms with Gasteiger partial charge in [-0.25, -0.2) is 9.67 Å². The van der Waals surface area contributed by atoms with Gasteiger partial charge in [-0.05, 0) is 60.4 Å². The lowest BCUT2D eigenvalue weighted by Crippen LogP contribution is -2.22. The van der Waals surface area contributed by atoms with Gasteiger partial charge in [0.05, 0.1) is 52.2 Å². The fraction of sp³-hybridized carbons (Fsp3) is 0.308. The average molecular weight is 824 g/mol. The highest BCUT2D eigenvalue weighted by molar-refractivity contribution is 9.10. The molecule has 0 saturated heterocycles. The van der Waals surface area contributed by atoms with Gasteiger partial charge in [0, 0.05) is 111 Å². The van der Waals surface area contributed by atoms with E-state index >= 15 is 0 Å². The van der Waals surface area contributed by atoms with E-state index in [1.54, 1.807) is 13.3 Å². The standard InChI is InChI=1S/C39H44BrN12O2P/c1-22(52-32-11-14-50(3)33-17-35(53-5)28(41)15-23(33)26(32)20-45-52)54-36-18-34-24(25-19-44-51(4)31(25)10-13-49(34)2)16-30(36)47-39-43-21-27(40)37(48-39)46-29-9-8-12-42-38(29)55(6)7/h8-9,12,15-22H,10-11,13-14,41H2,1-7H3,(H2,43,46,47,48). The summed E-state index contributed by atoms with van der Waals surface area (Å²) < 4.78 is 17.1. The van der Waals surface area contributed by atoms with E-state index in [0.29, 0.717) is 34.6 Å². The Balaban J connectivity index is 1.19. The highest BCUT2D eigenvalue weighted by atomic mass is 79.9. The van der Waals surface area contributed by atoms with Crippen molar-refractivity contribution in [1.29, 1.82) is 0 Å². The summed E-state index contributed by atoms with van der Waals surface area (Å²) in [5.74, 6) is 2.30. The number of hydrogen-bond donors (Lipinski definition) is 3. The van der Waals surface area contributed by atoms with Gasteiger partial charge in [-0.1, -0.05) is 7.92 Å².